The van der Waals surface area contributed by atoms with Gasteiger partial charge in [0.05, 0.1) is 26.4 Å². The molecule has 0 unspecified atom stereocenters. The molecule has 2 aromatic carbocycles. The Hall–Kier alpha value is -2.01. The summed E-state index contributed by atoms with van der Waals surface area (Å²) in [5.41, 5.74) is 0. The summed E-state index contributed by atoms with van der Waals surface area (Å²) in [6, 6.07) is 16.7. The minimum atomic E-state index is -4.14. The van der Waals surface area contributed by atoms with Crippen molar-refractivity contribution in [1.82, 2.24) is 0 Å². The molecule has 160 valence electrons. The number of phosphoric acid groups is 1. The molecule has 2 heterocycles. The first-order valence-electron chi connectivity index (χ1n) is 8.80. The highest BCUT2D eigenvalue weighted by Gasteiger charge is 2.24. The Kier molecular flexibility index (Phi) is 11.3. The highest BCUT2D eigenvalue weighted by molar-refractivity contribution is 7.48. The summed E-state index contributed by atoms with van der Waals surface area (Å²) in [6.45, 7) is 2.61. The Bertz CT molecular complexity index is 612. The molecule has 10 nitrogen and oxygen atoms in total. The van der Waals surface area contributed by atoms with Crippen LogP contribution in [0.3, 0.4) is 0 Å². The topological polar surface area (TPSA) is 111 Å². The van der Waals surface area contributed by atoms with Gasteiger partial charge in [-0.15, -0.1) is 0 Å². The third-order valence-corrected chi connectivity index (χ3v) is 3.91. The van der Waals surface area contributed by atoms with Crippen LogP contribution < -0.4 is 9.05 Å². The second kappa shape index (κ2) is 14.0. The van der Waals surface area contributed by atoms with Crippen LogP contribution in [0.2, 0.25) is 0 Å². The molecule has 11 heteroatoms. The van der Waals surface area contributed by atoms with Crippen molar-refractivity contribution in [3.63, 3.8) is 0 Å². The molecule has 0 saturated carbocycles. The molecule has 0 bridgehead atoms. The van der Waals surface area contributed by atoms with Gasteiger partial charge in [0.25, 0.3) is 0 Å². The van der Waals surface area contributed by atoms with Gasteiger partial charge in [-0.25, -0.2) is 24.1 Å². The van der Waals surface area contributed by atoms with E-state index in [1.807, 2.05) is 0 Å². The number of rotatable bonds is 4. The van der Waals surface area contributed by atoms with Crippen LogP contribution in [0.5, 0.6) is 11.5 Å². The second-order valence-corrected chi connectivity index (χ2v) is 6.71. The van der Waals surface area contributed by atoms with Crippen LogP contribution >= 0.6 is 7.82 Å². The van der Waals surface area contributed by atoms with Gasteiger partial charge in [-0.1, -0.05) is 46.5 Å². The van der Waals surface area contributed by atoms with Crippen LogP contribution in [0, 0.1) is 0 Å². The number of hydrogen-bond donors (Lipinski definition) is 1. The summed E-state index contributed by atoms with van der Waals surface area (Å²) >= 11 is 0. The molecule has 29 heavy (non-hydrogen) atoms. The van der Waals surface area contributed by atoms with Crippen molar-refractivity contribution in [3.05, 3.63) is 60.7 Å². The Labute approximate surface area is 168 Å². The van der Waals surface area contributed by atoms with Gasteiger partial charge >= 0.3 is 7.82 Å². The summed E-state index contributed by atoms with van der Waals surface area (Å²) < 4.78 is 21.5. The van der Waals surface area contributed by atoms with E-state index in [-0.39, 0.29) is 11.5 Å². The van der Waals surface area contributed by atoms with E-state index in [0.29, 0.717) is 26.4 Å². The number of hydrogen-bond acceptors (Lipinski definition) is 9. The quantitative estimate of drug-likeness (QED) is 0.568. The van der Waals surface area contributed by atoms with Crippen molar-refractivity contribution >= 4 is 7.82 Å². The van der Waals surface area contributed by atoms with Crippen LogP contribution in [-0.2, 0) is 34.2 Å². The van der Waals surface area contributed by atoms with Gasteiger partial charge in [0.1, 0.15) is 11.5 Å². The van der Waals surface area contributed by atoms with Crippen LogP contribution in [0.4, 0.5) is 0 Å². The van der Waals surface area contributed by atoms with Crippen LogP contribution in [0.1, 0.15) is 12.8 Å². The summed E-state index contributed by atoms with van der Waals surface area (Å²) in [7, 11) is -4.14. The molecule has 2 aromatic rings. The number of benzene rings is 2. The lowest BCUT2D eigenvalue weighted by atomic mass is 10.3. The highest BCUT2D eigenvalue weighted by Crippen LogP contribution is 2.44. The van der Waals surface area contributed by atoms with Gasteiger partial charge in [0, 0.05) is 12.8 Å². The molecule has 2 aliphatic heterocycles. The zero-order valence-corrected chi connectivity index (χ0v) is 16.5. The fourth-order valence-corrected chi connectivity index (χ4v) is 2.62. The first-order valence-corrected chi connectivity index (χ1v) is 10.3. The summed E-state index contributed by atoms with van der Waals surface area (Å²) in [5, 5.41) is 8.14. The fraction of sp³-hybridized carbons (Fsp3) is 0.333. The highest BCUT2D eigenvalue weighted by atomic mass is 31.2. The molecule has 0 atom stereocenters. The molecule has 2 fully saturated rings. The zero-order chi connectivity index (χ0) is 20.6. The largest absolute Gasteiger partial charge is 0.584 e. The maximum absolute atomic E-state index is 11.7. The number of phosphoric ester groups is 1. The van der Waals surface area contributed by atoms with Crippen molar-refractivity contribution in [3.8, 4) is 11.5 Å². The number of para-hydroxylation sites is 2. The van der Waals surface area contributed by atoms with Crippen molar-refractivity contribution in [1.29, 1.82) is 0 Å². The monoisotopic (exact) mass is 430 g/mol. The van der Waals surface area contributed by atoms with Gasteiger partial charge in [0.15, 0.2) is 0 Å². The molecule has 0 amide bonds. The molecule has 1 N–H and O–H groups in total. The van der Waals surface area contributed by atoms with E-state index in [1.165, 1.54) is 0 Å². The Morgan fingerprint density at radius 2 is 1.00 bits per heavy atom. The summed E-state index contributed by atoms with van der Waals surface area (Å²) in [6.07, 6.45) is 1.86. The Morgan fingerprint density at radius 3 is 1.24 bits per heavy atom. The van der Waals surface area contributed by atoms with E-state index < -0.39 is 7.82 Å². The van der Waals surface area contributed by atoms with Gasteiger partial charge in [-0.2, -0.15) is 0 Å². The third kappa shape index (κ3) is 11.5. The minimum Gasteiger partial charge on any atom is -0.395 e. The first kappa shape index (κ1) is 23.3. The van der Waals surface area contributed by atoms with E-state index in [0.717, 1.165) is 12.8 Å². The summed E-state index contributed by atoms with van der Waals surface area (Å²) in [4.78, 5) is 26.9. The minimum absolute atomic E-state index is 0.286. The maximum atomic E-state index is 11.7. The second-order valence-electron chi connectivity index (χ2n) is 5.41. The lowest BCUT2D eigenvalue weighted by molar-refractivity contribution is -0.532. The van der Waals surface area contributed by atoms with Crippen molar-refractivity contribution < 1.29 is 48.1 Å². The molecule has 4 rings (SSSR count). The normalized spacial score (nSPS) is 16.3. The molecule has 0 spiro atoms. The standard InChI is InChI=1S/C12H11O4P.2C3H6O3/c13-17(14,15-11-7-3-1-4-8-11)16-12-9-5-2-6-10-12;2*1-2-4-6-5-3-1/h1-10H,(H,13,14);2*1-3H2. The van der Waals surface area contributed by atoms with Gasteiger partial charge in [-0.3, -0.25) is 4.89 Å². The summed E-state index contributed by atoms with van der Waals surface area (Å²) in [5.74, 6) is 0.573. The molecule has 0 aromatic heterocycles. The molecule has 0 radical (unpaired) electrons. The van der Waals surface area contributed by atoms with Crippen molar-refractivity contribution in [2.24, 2.45) is 0 Å². The lowest BCUT2D eigenvalue weighted by Crippen LogP contribution is -2.08. The van der Waals surface area contributed by atoms with E-state index >= 15 is 0 Å². The van der Waals surface area contributed by atoms with Crippen molar-refractivity contribution in [2.75, 3.05) is 26.4 Å². The molecular weight excluding hydrogens is 407 g/mol. The Balaban J connectivity index is 0.000000202. The molecular formula is C18H23O10P. The van der Waals surface area contributed by atoms with Gasteiger partial charge < -0.3 is 9.05 Å². The van der Waals surface area contributed by atoms with E-state index in [9.17, 15) is 9.46 Å². The average Bonchev–Trinajstić information content (AvgIpc) is 2.78. The van der Waals surface area contributed by atoms with Crippen molar-refractivity contribution in [2.45, 2.75) is 12.8 Å². The molecule has 2 aliphatic rings. The Morgan fingerprint density at radius 1 is 0.655 bits per heavy atom. The maximum Gasteiger partial charge on any atom is 0.584 e. The van der Waals surface area contributed by atoms with E-state index in [4.69, 9.17) is 9.05 Å². The van der Waals surface area contributed by atoms with E-state index in [2.05, 4.69) is 29.6 Å². The van der Waals surface area contributed by atoms with E-state index in [1.54, 1.807) is 60.7 Å². The van der Waals surface area contributed by atoms with Gasteiger partial charge in [0.2, 0.25) is 0 Å². The van der Waals surface area contributed by atoms with Gasteiger partial charge in [-0.05, 0) is 24.3 Å². The van der Waals surface area contributed by atoms with Crippen LogP contribution in [0.25, 0.3) is 0 Å². The predicted octanol–water partition coefficient (Wildman–Crippen LogP) is 3.78. The predicted molar refractivity (Wildman–Crippen MR) is 99.2 cm³/mol. The van der Waals surface area contributed by atoms with Crippen LogP contribution in [-0.4, -0.2) is 31.3 Å². The average molecular weight is 430 g/mol. The lowest BCUT2D eigenvalue weighted by Gasteiger charge is -2.13. The zero-order valence-electron chi connectivity index (χ0n) is 15.6. The smallest absolute Gasteiger partial charge is 0.395 e. The molecule has 0 aliphatic carbocycles. The SMILES string of the molecule is C1COOOC1.C1COOOC1.O=P(O)(Oc1ccccc1)Oc1ccccc1. The van der Waals surface area contributed by atoms with Crippen LogP contribution in [0.15, 0.2) is 60.7 Å². The molecule has 2 saturated heterocycles. The first-order chi connectivity index (χ1) is 14.2. The fourth-order valence-electron chi connectivity index (χ4n) is 1.81. The third-order valence-electron chi connectivity index (χ3n) is 3.03.